The first-order chi connectivity index (χ1) is 11.6. The summed E-state index contributed by atoms with van der Waals surface area (Å²) in [6, 6.07) is 8.75. The van der Waals surface area contributed by atoms with Crippen LogP contribution in [0.3, 0.4) is 0 Å². The maximum atomic E-state index is 12.5. The molecule has 2 aromatic rings. The van der Waals surface area contributed by atoms with Gasteiger partial charge in [0.25, 0.3) is 5.91 Å². The third-order valence-corrected chi connectivity index (χ3v) is 4.04. The predicted molar refractivity (Wildman–Crippen MR) is 91.5 cm³/mol. The minimum Gasteiger partial charge on any atom is -0.337 e. The van der Waals surface area contributed by atoms with Crippen LogP contribution in [0.1, 0.15) is 47.0 Å². The van der Waals surface area contributed by atoms with Crippen LogP contribution in [0.4, 0.5) is 11.6 Å². The third-order valence-electron chi connectivity index (χ3n) is 4.04. The number of benzene rings is 1. The predicted octanol–water partition coefficient (Wildman–Crippen LogP) is 3.05. The van der Waals surface area contributed by atoms with Crippen LogP contribution in [0.2, 0.25) is 0 Å². The molecule has 1 aromatic carbocycles. The molecule has 24 heavy (non-hydrogen) atoms. The molecule has 0 radical (unpaired) electrons. The summed E-state index contributed by atoms with van der Waals surface area (Å²) in [4.78, 5) is 34.3. The zero-order valence-corrected chi connectivity index (χ0v) is 13.7. The lowest BCUT2D eigenvalue weighted by Crippen LogP contribution is -2.36. The quantitative estimate of drug-likeness (QED) is 0.875. The molecule has 0 unspecified atom stereocenters. The molecule has 0 saturated carbocycles. The number of amides is 1. The molecule has 1 N–H and O–H groups in total. The van der Waals surface area contributed by atoms with Gasteiger partial charge in [0.15, 0.2) is 5.78 Å². The third kappa shape index (κ3) is 3.76. The van der Waals surface area contributed by atoms with Crippen LogP contribution in [-0.2, 0) is 0 Å². The Bertz CT molecular complexity index is 754. The molecule has 1 saturated heterocycles. The lowest BCUT2D eigenvalue weighted by molar-refractivity contribution is 0.0718. The van der Waals surface area contributed by atoms with Crippen molar-refractivity contribution in [3.63, 3.8) is 0 Å². The number of hydrogen-bond acceptors (Lipinski definition) is 5. The van der Waals surface area contributed by atoms with Gasteiger partial charge in [0.1, 0.15) is 5.69 Å². The number of carbonyl (C=O) groups excluding carboxylic acids is 2. The molecule has 6 heteroatoms. The molecule has 0 bridgehead atoms. The highest BCUT2D eigenvalue weighted by molar-refractivity contribution is 5.95. The number of piperidine rings is 1. The van der Waals surface area contributed by atoms with Crippen LogP contribution < -0.4 is 5.32 Å². The number of Topliss-reactive ketones (excluding diaryl/α,β-unsaturated/α-hetero) is 1. The molecule has 1 aromatic heterocycles. The first-order valence-corrected chi connectivity index (χ1v) is 8.14. The maximum Gasteiger partial charge on any atom is 0.272 e. The van der Waals surface area contributed by atoms with E-state index in [1.807, 2.05) is 11.0 Å². The van der Waals surface area contributed by atoms with Crippen molar-refractivity contribution < 1.29 is 9.59 Å². The summed E-state index contributed by atoms with van der Waals surface area (Å²) in [5.41, 5.74) is 1.71. The molecule has 0 spiro atoms. The number of rotatable bonds is 4. The molecule has 2 heterocycles. The average Bonchev–Trinajstić information content (AvgIpc) is 2.62. The SMILES string of the molecule is CC(=O)c1cccc(Nc2nccc(C(=O)N3CCCCC3)n2)c1. The Labute approximate surface area is 140 Å². The number of hydrogen-bond donors (Lipinski definition) is 1. The van der Waals surface area contributed by atoms with Crippen molar-refractivity contribution >= 4 is 23.3 Å². The van der Waals surface area contributed by atoms with Crippen LogP contribution in [0.5, 0.6) is 0 Å². The first-order valence-electron chi connectivity index (χ1n) is 8.14. The molecular formula is C18H20N4O2. The zero-order valence-electron chi connectivity index (χ0n) is 13.7. The van der Waals surface area contributed by atoms with Crippen LogP contribution in [0.15, 0.2) is 36.5 Å². The number of likely N-dealkylation sites (tertiary alicyclic amines) is 1. The van der Waals surface area contributed by atoms with Crippen molar-refractivity contribution in [1.29, 1.82) is 0 Å². The number of nitrogens with zero attached hydrogens (tertiary/aromatic N) is 3. The Kier molecular flexibility index (Phi) is 4.84. The number of carbonyl (C=O) groups is 2. The molecule has 124 valence electrons. The van der Waals surface area contributed by atoms with E-state index in [0.717, 1.165) is 25.9 Å². The van der Waals surface area contributed by atoms with Crippen LogP contribution >= 0.6 is 0 Å². The summed E-state index contributed by atoms with van der Waals surface area (Å²) in [5.74, 6) is 0.282. The van der Waals surface area contributed by atoms with Crippen molar-refractivity contribution in [3.8, 4) is 0 Å². The monoisotopic (exact) mass is 324 g/mol. The van der Waals surface area contributed by atoms with Crippen molar-refractivity contribution in [2.24, 2.45) is 0 Å². The fourth-order valence-corrected chi connectivity index (χ4v) is 2.74. The zero-order chi connectivity index (χ0) is 16.9. The van der Waals surface area contributed by atoms with Crippen molar-refractivity contribution in [2.45, 2.75) is 26.2 Å². The van der Waals surface area contributed by atoms with E-state index in [0.29, 0.717) is 22.9 Å². The normalized spacial score (nSPS) is 14.3. The molecule has 1 aliphatic rings. The summed E-state index contributed by atoms with van der Waals surface area (Å²) in [6.07, 6.45) is 4.83. The second-order valence-corrected chi connectivity index (χ2v) is 5.88. The highest BCUT2D eigenvalue weighted by atomic mass is 16.2. The lowest BCUT2D eigenvalue weighted by Gasteiger charge is -2.26. The van der Waals surface area contributed by atoms with Gasteiger partial charge in [0, 0.05) is 30.5 Å². The minimum atomic E-state index is -0.0577. The summed E-state index contributed by atoms with van der Waals surface area (Å²) in [6.45, 7) is 3.09. The van der Waals surface area contributed by atoms with Crippen molar-refractivity contribution in [3.05, 3.63) is 47.8 Å². The smallest absolute Gasteiger partial charge is 0.272 e. The van der Waals surface area contributed by atoms with E-state index >= 15 is 0 Å². The average molecular weight is 324 g/mol. The lowest BCUT2D eigenvalue weighted by atomic mass is 10.1. The van der Waals surface area contributed by atoms with Gasteiger partial charge in [-0.2, -0.15) is 0 Å². The van der Waals surface area contributed by atoms with Gasteiger partial charge in [0.2, 0.25) is 5.95 Å². The molecule has 1 fully saturated rings. The molecule has 6 nitrogen and oxygen atoms in total. The van der Waals surface area contributed by atoms with Gasteiger partial charge in [-0.05, 0) is 44.4 Å². The minimum absolute atomic E-state index is 0.00593. The highest BCUT2D eigenvalue weighted by Crippen LogP contribution is 2.17. The summed E-state index contributed by atoms with van der Waals surface area (Å²) in [5, 5.41) is 3.05. The van der Waals surface area contributed by atoms with Crippen molar-refractivity contribution in [1.82, 2.24) is 14.9 Å². The summed E-state index contributed by atoms with van der Waals surface area (Å²) >= 11 is 0. The number of nitrogens with one attached hydrogen (secondary N) is 1. The van der Waals surface area contributed by atoms with Crippen LogP contribution in [-0.4, -0.2) is 39.6 Å². The van der Waals surface area contributed by atoms with E-state index in [2.05, 4.69) is 15.3 Å². The fraction of sp³-hybridized carbons (Fsp3) is 0.333. The highest BCUT2D eigenvalue weighted by Gasteiger charge is 2.19. The molecule has 1 amide bonds. The maximum absolute atomic E-state index is 12.5. The van der Waals surface area contributed by atoms with E-state index in [4.69, 9.17) is 0 Å². The second-order valence-electron chi connectivity index (χ2n) is 5.88. The summed E-state index contributed by atoms with van der Waals surface area (Å²) in [7, 11) is 0. The van der Waals surface area contributed by atoms with Gasteiger partial charge in [-0.3, -0.25) is 9.59 Å². The number of anilines is 2. The van der Waals surface area contributed by atoms with Crippen molar-refractivity contribution in [2.75, 3.05) is 18.4 Å². The van der Waals surface area contributed by atoms with Gasteiger partial charge in [-0.1, -0.05) is 12.1 Å². The molecule has 1 aliphatic heterocycles. The molecular weight excluding hydrogens is 304 g/mol. The van der Waals surface area contributed by atoms with E-state index in [9.17, 15) is 9.59 Å². The largest absolute Gasteiger partial charge is 0.337 e. The van der Waals surface area contributed by atoms with Gasteiger partial charge >= 0.3 is 0 Å². The van der Waals surface area contributed by atoms with Crippen LogP contribution in [0.25, 0.3) is 0 Å². The van der Waals surface area contributed by atoms with Gasteiger partial charge in [0.05, 0.1) is 0 Å². The van der Waals surface area contributed by atoms with Gasteiger partial charge in [-0.15, -0.1) is 0 Å². The topological polar surface area (TPSA) is 75.2 Å². The Morgan fingerprint density at radius 3 is 2.67 bits per heavy atom. The van der Waals surface area contributed by atoms with Gasteiger partial charge < -0.3 is 10.2 Å². The Balaban J connectivity index is 1.76. The standard InChI is InChI=1S/C18H20N4O2/c1-13(23)14-6-5-7-15(12-14)20-18-19-9-8-16(21-18)17(24)22-10-3-2-4-11-22/h5-9,12H,2-4,10-11H2,1H3,(H,19,20,21). The molecule has 3 rings (SSSR count). The molecule has 0 atom stereocenters. The van der Waals surface area contributed by atoms with E-state index in [1.165, 1.54) is 13.3 Å². The Hall–Kier alpha value is -2.76. The molecule has 0 aliphatic carbocycles. The van der Waals surface area contributed by atoms with E-state index in [-0.39, 0.29) is 11.7 Å². The number of ketones is 1. The number of aromatic nitrogens is 2. The first kappa shape index (κ1) is 16.1. The Morgan fingerprint density at radius 2 is 1.92 bits per heavy atom. The fourth-order valence-electron chi connectivity index (χ4n) is 2.74. The van der Waals surface area contributed by atoms with E-state index in [1.54, 1.807) is 30.5 Å². The van der Waals surface area contributed by atoms with Gasteiger partial charge in [-0.25, -0.2) is 9.97 Å². The van der Waals surface area contributed by atoms with Crippen LogP contribution in [0, 0.1) is 0 Å². The van der Waals surface area contributed by atoms with E-state index < -0.39 is 0 Å². The summed E-state index contributed by atoms with van der Waals surface area (Å²) < 4.78 is 0. The Morgan fingerprint density at radius 1 is 1.12 bits per heavy atom. The second kappa shape index (κ2) is 7.21.